The molecule has 1 aromatic rings. The van der Waals surface area contributed by atoms with Gasteiger partial charge < -0.3 is 4.74 Å². The summed E-state index contributed by atoms with van der Waals surface area (Å²) in [6.45, 7) is 0. The van der Waals surface area contributed by atoms with Crippen molar-refractivity contribution in [1.82, 2.24) is 0 Å². The van der Waals surface area contributed by atoms with Crippen LogP contribution in [0.3, 0.4) is 0 Å². The van der Waals surface area contributed by atoms with Crippen LogP contribution in [0, 0.1) is 0 Å². The minimum atomic E-state index is -5.83. The Morgan fingerprint density at radius 3 is 2.12 bits per heavy atom. The Morgan fingerprint density at radius 1 is 1.06 bits per heavy atom. The molecule has 0 spiro atoms. The average molecular weight is 240 g/mol. The molecule has 0 unspecified atom stereocenters. The fourth-order valence-electron chi connectivity index (χ4n) is 0.867. The van der Waals surface area contributed by atoms with Crippen molar-refractivity contribution in [3.05, 3.63) is 29.8 Å². The maximum absolute atomic E-state index is 12.5. The molecule has 0 saturated heterocycles. The molecule has 7 heteroatoms. The van der Waals surface area contributed by atoms with Crippen molar-refractivity contribution in [1.29, 1.82) is 0 Å². The standard InChI is InChI=1S/C9H5F5O2/c10-8(11,12)9(13,14)16-7-4-2-1-3-6(7)5-15/h1-5H. The molecule has 0 aliphatic carbocycles. The highest BCUT2D eigenvalue weighted by molar-refractivity contribution is 5.79. The van der Waals surface area contributed by atoms with Crippen molar-refractivity contribution in [3.8, 4) is 5.75 Å². The van der Waals surface area contributed by atoms with Crippen LogP contribution in [0.15, 0.2) is 24.3 Å². The largest absolute Gasteiger partial charge is 0.499 e. The number of carbonyl (C=O) groups is 1. The lowest BCUT2D eigenvalue weighted by Gasteiger charge is -2.20. The van der Waals surface area contributed by atoms with Crippen LogP contribution in [-0.2, 0) is 0 Å². The van der Waals surface area contributed by atoms with Gasteiger partial charge in [-0.25, -0.2) is 0 Å². The fraction of sp³-hybridized carbons (Fsp3) is 0.222. The van der Waals surface area contributed by atoms with Crippen LogP contribution in [0.1, 0.15) is 10.4 Å². The third kappa shape index (κ3) is 2.47. The summed E-state index contributed by atoms with van der Waals surface area (Å²) in [4.78, 5) is 10.4. The van der Waals surface area contributed by atoms with E-state index in [0.717, 1.165) is 12.1 Å². The van der Waals surface area contributed by atoms with Crippen molar-refractivity contribution in [3.63, 3.8) is 0 Å². The average Bonchev–Trinajstić information content (AvgIpc) is 2.16. The maximum atomic E-state index is 12.5. The molecule has 1 aromatic carbocycles. The van der Waals surface area contributed by atoms with E-state index in [2.05, 4.69) is 4.74 Å². The molecule has 0 heterocycles. The van der Waals surface area contributed by atoms with Gasteiger partial charge in [-0.2, -0.15) is 22.0 Å². The minimum absolute atomic E-state index is 0.127. The van der Waals surface area contributed by atoms with Gasteiger partial charge in [-0.15, -0.1) is 0 Å². The lowest BCUT2D eigenvalue weighted by molar-refractivity contribution is -0.360. The molecule has 0 N–H and O–H groups in total. The summed E-state index contributed by atoms with van der Waals surface area (Å²) in [6.07, 6.45) is -11.0. The van der Waals surface area contributed by atoms with E-state index in [1.54, 1.807) is 0 Å². The van der Waals surface area contributed by atoms with Gasteiger partial charge in [-0.05, 0) is 12.1 Å². The first-order chi connectivity index (χ1) is 7.28. The second kappa shape index (κ2) is 4.07. The van der Waals surface area contributed by atoms with E-state index < -0.39 is 18.0 Å². The van der Waals surface area contributed by atoms with Gasteiger partial charge in [0.2, 0.25) is 0 Å². The van der Waals surface area contributed by atoms with E-state index in [9.17, 15) is 26.7 Å². The predicted octanol–water partition coefficient (Wildman–Crippen LogP) is 3.03. The monoisotopic (exact) mass is 240 g/mol. The van der Waals surface area contributed by atoms with E-state index in [1.807, 2.05) is 0 Å². The molecular formula is C9H5F5O2. The number of benzene rings is 1. The SMILES string of the molecule is O=Cc1ccccc1OC(F)(F)C(F)(F)F. The topological polar surface area (TPSA) is 26.3 Å². The molecule has 0 saturated carbocycles. The summed E-state index contributed by atoms with van der Waals surface area (Å²) in [5.74, 6) is -0.820. The maximum Gasteiger partial charge on any atom is 0.499 e. The zero-order valence-corrected chi connectivity index (χ0v) is 7.59. The lowest BCUT2D eigenvalue weighted by Crippen LogP contribution is -2.42. The molecule has 0 atom stereocenters. The number of alkyl halides is 5. The third-order valence-electron chi connectivity index (χ3n) is 1.61. The van der Waals surface area contributed by atoms with E-state index in [0.29, 0.717) is 0 Å². The van der Waals surface area contributed by atoms with E-state index in [4.69, 9.17) is 0 Å². The highest BCUT2D eigenvalue weighted by atomic mass is 19.4. The lowest BCUT2D eigenvalue weighted by atomic mass is 10.2. The van der Waals surface area contributed by atoms with Gasteiger partial charge >= 0.3 is 12.3 Å². The van der Waals surface area contributed by atoms with Crippen LogP contribution in [0.25, 0.3) is 0 Å². The molecule has 0 aromatic heterocycles. The number of carbonyl (C=O) groups excluding carboxylic acids is 1. The second-order valence-corrected chi connectivity index (χ2v) is 2.77. The summed E-state index contributed by atoms with van der Waals surface area (Å²) < 4.78 is 63.8. The van der Waals surface area contributed by atoms with E-state index in [-0.39, 0.29) is 11.8 Å². The Labute approximate surface area is 86.6 Å². The second-order valence-electron chi connectivity index (χ2n) is 2.77. The molecule has 16 heavy (non-hydrogen) atoms. The van der Waals surface area contributed by atoms with Gasteiger partial charge in [-0.3, -0.25) is 4.79 Å². The van der Waals surface area contributed by atoms with Crippen LogP contribution in [0.4, 0.5) is 22.0 Å². The highest BCUT2D eigenvalue weighted by Gasteiger charge is 2.61. The molecule has 1 rings (SSSR count). The van der Waals surface area contributed by atoms with E-state index in [1.165, 1.54) is 12.1 Å². The molecule has 0 aliphatic heterocycles. The summed E-state index contributed by atoms with van der Waals surface area (Å²) in [5, 5.41) is 0. The first-order valence-corrected chi connectivity index (χ1v) is 3.95. The normalized spacial score (nSPS) is 12.3. The summed E-state index contributed by atoms with van der Waals surface area (Å²) in [5.41, 5.74) is -0.383. The molecule has 0 aliphatic rings. The van der Waals surface area contributed by atoms with Crippen molar-refractivity contribution >= 4 is 6.29 Å². The number of rotatable bonds is 3. The first kappa shape index (κ1) is 12.4. The van der Waals surface area contributed by atoms with Gasteiger partial charge in [0.1, 0.15) is 5.75 Å². The number of aldehydes is 1. The van der Waals surface area contributed by atoms with Crippen molar-refractivity contribution in [2.75, 3.05) is 0 Å². The number of halogens is 5. The smallest absolute Gasteiger partial charge is 0.425 e. The highest BCUT2D eigenvalue weighted by Crippen LogP contribution is 2.37. The van der Waals surface area contributed by atoms with Crippen LogP contribution in [0.2, 0.25) is 0 Å². The van der Waals surface area contributed by atoms with Crippen LogP contribution in [0.5, 0.6) is 5.75 Å². The molecule has 0 amide bonds. The van der Waals surface area contributed by atoms with Crippen molar-refractivity contribution in [2.45, 2.75) is 12.3 Å². The molecule has 0 fully saturated rings. The summed E-state index contributed by atoms with van der Waals surface area (Å²) in [7, 11) is 0. The zero-order chi connectivity index (χ0) is 12.4. The Balaban J connectivity index is 3.01. The number of ether oxygens (including phenoxy) is 1. The van der Waals surface area contributed by atoms with Gasteiger partial charge in [0, 0.05) is 0 Å². The summed E-state index contributed by atoms with van der Waals surface area (Å²) >= 11 is 0. The number of para-hydroxylation sites is 1. The van der Waals surface area contributed by atoms with Crippen LogP contribution >= 0.6 is 0 Å². The van der Waals surface area contributed by atoms with Gasteiger partial charge in [-0.1, -0.05) is 12.1 Å². The molecule has 0 radical (unpaired) electrons. The van der Waals surface area contributed by atoms with Crippen LogP contribution in [-0.4, -0.2) is 18.6 Å². The molecule has 0 bridgehead atoms. The first-order valence-electron chi connectivity index (χ1n) is 3.95. The van der Waals surface area contributed by atoms with Crippen LogP contribution < -0.4 is 4.74 Å². The Morgan fingerprint density at radius 2 is 1.62 bits per heavy atom. The molecule has 88 valence electrons. The fourth-order valence-corrected chi connectivity index (χ4v) is 0.867. The van der Waals surface area contributed by atoms with Crippen molar-refractivity contribution in [2.24, 2.45) is 0 Å². The quantitative estimate of drug-likeness (QED) is 0.599. The Kier molecular flexibility index (Phi) is 3.16. The van der Waals surface area contributed by atoms with Gasteiger partial charge in [0.05, 0.1) is 5.56 Å². The Hall–Kier alpha value is -1.66. The zero-order valence-electron chi connectivity index (χ0n) is 7.59. The number of hydrogen-bond donors (Lipinski definition) is 0. The predicted molar refractivity (Wildman–Crippen MR) is 43.5 cm³/mol. The Bertz CT molecular complexity index is 386. The van der Waals surface area contributed by atoms with Crippen molar-refractivity contribution < 1.29 is 31.5 Å². The summed E-state index contributed by atoms with van der Waals surface area (Å²) in [6, 6.07) is 4.40. The third-order valence-corrected chi connectivity index (χ3v) is 1.61. The van der Waals surface area contributed by atoms with Gasteiger partial charge in [0.15, 0.2) is 6.29 Å². The molecular weight excluding hydrogens is 235 g/mol. The van der Waals surface area contributed by atoms with Gasteiger partial charge in [0.25, 0.3) is 0 Å². The number of hydrogen-bond acceptors (Lipinski definition) is 2. The van der Waals surface area contributed by atoms with E-state index >= 15 is 0 Å². The minimum Gasteiger partial charge on any atom is -0.425 e. The molecule has 2 nitrogen and oxygen atoms in total.